The highest BCUT2D eigenvalue weighted by Gasteiger charge is 2.44. The Balaban J connectivity index is 3.11. The summed E-state index contributed by atoms with van der Waals surface area (Å²) in [5.41, 5.74) is -2.53. The van der Waals surface area contributed by atoms with Crippen LogP contribution in [0, 0.1) is 18.3 Å². The van der Waals surface area contributed by atoms with E-state index in [4.69, 9.17) is 23.1 Å². The zero-order valence-electron chi connectivity index (χ0n) is 6.50. The molecule has 1 aliphatic carbocycles. The fraction of sp³-hybridized carbons (Fsp3) is 0.222. The molecule has 2 atom stereocenters. The van der Waals surface area contributed by atoms with Gasteiger partial charge in [-0.05, 0) is 18.2 Å². The topological polar surface area (TPSA) is 37.3 Å². The molecule has 0 heterocycles. The molecule has 0 radical (unpaired) electrons. The van der Waals surface area contributed by atoms with Gasteiger partial charge in [0.1, 0.15) is 0 Å². The minimum Gasteiger partial charge on any atom is -0.479 e. The van der Waals surface area contributed by atoms with E-state index in [1.165, 1.54) is 12.2 Å². The van der Waals surface area contributed by atoms with Crippen molar-refractivity contribution in [2.75, 3.05) is 0 Å². The number of allylic oxidation sites excluding steroid dienone is 3. The lowest BCUT2D eigenvalue weighted by atomic mass is 9.86. The summed E-state index contributed by atoms with van der Waals surface area (Å²) in [6, 6.07) is 0. The second-order valence-corrected chi connectivity index (χ2v) is 3.04. The van der Waals surface area contributed by atoms with E-state index in [9.17, 15) is 9.18 Å². The van der Waals surface area contributed by atoms with Crippen LogP contribution in [0.4, 0.5) is 4.39 Å². The molecule has 0 aromatic carbocycles. The molecule has 0 aliphatic heterocycles. The molecule has 4 heteroatoms. The minimum absolute atomic E-state index is 0.248. The number of rotatable bonds is 1. The number of carboxylic acids is 1. The molecular formula is C9H6ClFO2. The van der Waals surface area contributed by atoms with Gasteiger partial charge in [-0.3, -0.25) is 0 Å². The van der Waals surface area contributed by atoms with Crippen molar-refractivity contribution in [2.24, 2.45) is 5.92 Å². The molecule has 0 aromatic rings. The summed E-state index contributed by atoms with van der Waals surface area (Å²) in [6.45, 7) is 0. The highest BCUT2D eigenvalue weighted by atomic mass is 35.5. The molecule has 1 N–H and O–H groups in total. The van der Waals surface area contributed by atoms with E-state index in [1.807, 2.05) is 5.92 Å². The first kappa shape index (κ1) is 9.82. The first-order valence-corrected chi connectivity index (χ1v) is 3.83. The van der Waals surface area contributed by atoms with E-state index in [2.05, 4.69) is 0 Å². The number of hydrogen-bond donors (Lipinski definition) is 1. The highest BCUT2D eigenvalue weighted by Crippen LogP contribution is 2.31. The predicted octanol–water partition coefficient (Wildman–Crippen LogP) is 1.72. The van der Waals surface area contributed by atoms with Crippen LogP contribution in [0.15, 0.2) is 23.3 Å². The molecule has 0 saturated heterocycles. The first-order chi connectivity index (χ1) is 6.00. The van der Waals surface area contributed by atoms with Crippen molar-refractivity contribution >= 4 is 17.6 Å². The van der Waals surface area contributed by atoms with Crippen LogP contribution in [-0.2, 0) is 4.79 Å². The zero-order chi connectivity index (χ0) is 10.1. The quantitative estimate of drug-likeness (QED) is 0.655. The monoisotopic (exact) mass is 200 g/mol. The van der Waals surface area contributed by atoms with Crippen molar-refractivity contribution in [2.45, 2.75) is 5.67 Å². The Hall–Kier alpha value is -1.27. The molecule has 0 saturated carbocycles. The molecule has 1 aliphatic rings. The summed E-state index contributed by atoms with van der Waals surface area (Å²) in [4.78, 5) is 10.6. The Kier molecular flexibility index (Phi) is 2.44. The Morgan fingerprint density at radius 1 is 1.85 bits per heavy atom. The van der Waals surface area contributed by atoms with Gasteiger partial charge in [0.25, 0.3) is 0 Å². The number of carboxylic acid groups (broad SMARTS) is 1. The molecule has 0 spiro atoms. The van der Waals surface area contributed by atoms with Crippen molar-refractivity contribution in [1.82, 2.24) is 0 Å². The maximum Gasteiger partial charge on any atom is 0.347 e. The minimum atomic E-state index is -2.53. The lowest BCUT2D eigenvalue weighted by Gasteiger charge is -2.23. The zero-order valence-corrected chi connectivity index (χ0v) is 7.25. The molecule has 1 rings (SSSR count). The van der Waals surface area contributed by atoms with Gasteiger partial charge >= 0.3 is 5.97 Å². The van der Waals surface area contributed by atoms with Crippen molar-refractivity contribution in [3.05, 3.63) is 23.3 Å². The lowest BCUT2D eigenvalue weighted by Crippen LogP contribution is -2.39. The van der Waals surface area contributed by atoms with Gasteiger partial charge in [0.2, 0.25) is 5.67 Å². The number of halogens is 2. The van der Waals surface area contributed by atoms with Crippen molar-refractivity contribution in [1.29, 1.82) is 0 Å². The average Bonchev–Trinajstić information content (AvgIpc) is 2.09. The third-order valence-electron chi connectivity index (χ3n) is 1.77. The van der Waals surface area contributed by atoms with Crippen molar-refractivity contribution in [3.63, 3.8) is 0 Å². The van der Waals surface area contributed by atoms with Crippen LogP contribution in [0.2, 0.25) is 0 Å². The van der Waals surface area contributed by atoms with Gasteiger partial charge in [0, 0.05) is 5.03 Å². The second-order valence-electron chi connectivity index (χ2n) is 2.60. The summed E-state index contributed by atoms with van der Waals surface area (Å²) < 4.78 is 13.6. The van der Waals surface area contributed by atoms with Gasteiger partial charge in [-0.25, -0.2) is 9.18 Å². The molecule has 0 amide bonds. The molecule has 2 nitrogen and oxygen atoms in total. The number of hydrogen-bond acceptors (Lipinski definition) is 1. The number of terminal acetylenes is 1. The van der Waals surface area contributed by atoms with E-state index in [0.29, 0.717) is 0 Å². The molecule has 0 aromatic heterocycles. The Morgan fingerprint density at radius 2 is 2.46 bits per heavy atom. The summed E-state index contributed by atoms with van der Waals surface area (Å²) in [7, 11) is 0. The van der Waals surface area contributed by atoms with E-state index in [1.54, 1.807) is 0 Å². The summed E-state index contributed by atoms with van der Waals surface area (Å²) in [5.74, 6) is -0.717. The van der Waals surface area contributed by atoms with Gasteiger partial charge in [0.15, 0.2) is 0 Å². The lowest BCUT2D eigenvalue weighted by molar-refractivity contribution is -0.148. The Morgan fingerprint density at radius 3 is 2.92 bits per heavy atom. The summed E-state index contributed by atoms with van der Waals surface area (Å²) in [5, 5.41) is 8.84. The molecular weight excluding hydrogens is 195 g/mol. The SMILES string of the molecule is C#CC1C=C(Cl)C=CC1(F)C(=O)O. The molecule has 13 heavy (non-hydrogen) atoms. The first-order valence-electron chi connectivity index (χ1n) is 3.45. The Bertz CT molecular complexity index is 340. The predicted molar refractivity (Wildman–Crippen MR) is 46.9 cm³/mol. The van der Waals surface area contributed by atoms with Gasteiger partial charge in [-0.15, -0.1) is 6.42 Å². The van der Waals surface area contributed by atoms with Gasteiger partial charge in [-0.1, -0.05) is 17.5 Å². The van der Waals surface area contributed by atoms with Crippen LogP contribution in [0.3, 0.4) is 0 Å². The largest absolute Gasteiger partial charge is 0.479 e. The molecule has 0 fully saturated rings. The van der Waals surface area contributed by atoms with Gasteiger partial charge in [0.05, 0.1) is 5.92 Å². The van der Waals surface area contributed by atoms with E-state index in [0.717, 1.165) is 6.08 Å². The maximum atomic E-state index is 13.6. The van der Waals surface area contributed by atoms with Gasteiger partial charge in [-0.2, -0.15) is 0 Å². The highest BCUT2D eigenvalue weighted by molar-refractivity contribution is 6.31. The van der Waals surface area contributed by atoms with E-state index < -0.39 is 17.6 Å². The third kappa shape index (κ3) is 1.58. The second kappa shape index (κ2) is 3.23. The fourth-order valence-corrected chi connectivity index (χ4v) is 1.20. The normalized spacial score (nSPS) is 32.1. The molecule has 0 bridgehead atoms. The smallest absolute Gasteiger partial charge is 0.347 e. The average molecular weight is 201 g/mol. The van der Waals surface area contributed by atoms with Crippen LogP contribution >= 0.6 is 11.6 Å². The number of alkyl halides is 1. The standard InChI is InChI=1S/C9H6ClFO2/c1-2-6-5-7(10)3-4-9(6,11)8(12)13/h1,3-6H,(H,12,13). The van der Waals surface area contributed by atoms with Crippen molar-refractivity contribution in [3.8, 4) is 12.3 Å². The fourth-order valence-electron chi connectivity index (χ4n) is 1.01. The van der Waals surface area contributed by atoms with E-state index >= 15 is 0 Å². The van der Waals surface area contributed by atoms with Crippen LogP contribution in [0.5, 0.6) is 0 Å². The van der Waals surface area contributed by atoms with Crippen LogP contribution in [0.25, 0.3) is 0 Å². The summed E-state index contributed by atoms with van der Waals surface area (Å²) in [6.07, 6.45) is 8.24. The maximum absolute atomic E-state index is 13.6. The molecule has 2 unspecified atom stereocenters. The molecule has 68 valence electrons. The van der Waals surface area contributed by atoms with Crippen LogP contribution in [0.1, 0.15) is 0 Å². The number of aliphatic carboxylic acids is 1. The van der Waals surface area contributed by atoms with Crippen molar-refractivity contribution < 1.29 is 14.3 Å². The van der Waals surface area contributed by atoms with Gasteiger partial charge < -0.3 is 5.11 Å². The van der Waals surface area contributed by atoms with Crippen LogP contribution < -0.4 is 0 Å². The number of carbonyl (C=O) groups is 1. The third-order valence-corrected chi connectivity index (χ3v) is 2.02. The summed E-state index contributed by atoms with van der Waals surface area (Å²) >= 11 is 5.54. The van der Waals surface area contributed by atoms with Crippen LogP contribution in [-0.4, -0.2) is 16.7 Å². The van der Waals surface area contributed by atoms with E-state index in [-0.39, 0.29) is 5.03 Å². The Labute approximate surface area is 79.7 Å².